The van der Waals surface area contributed by atoms with Gasteiger partial charge in [0.15, 0.2) is 0 Å². The molecule has 4 heteroatoms. The van der Waals surface area contributed by atoms with Gasteiger partial charge in [-0.3, -0.25) is 4.98 Å². The smallest absolute Gasteiger partial charge is 0.146 e. The number of aryl methyl sites for hydroxylation is 1. The molecule has 102 valence electrons. The van der Waals surface area contributed by atoms with Gasteiger partial charge in [0.25, 0.3) is 0 Å². The van der Waals surface area contributed by atoms with Gasteiger partial charge in [-0.25, -0.2) is 0 Å². The number of benzene rings is 2. The van der Waals surface area contributed by atoms with Crippen LogP contribution in [0.4, 0.5) is 5.69 Å². The summed E-state index contributed by atoms with van der Waals surface area (Å²) in [5, 5.41) is 1.10. The van der Waals surface area contributed by atoms with E-state index in [1.165, 1.54) is 0 Å². The van der Waals surface area contributed by atoms with Crippen molar-refractivity contribution < 1.29 is 4.84 Å². The van der Waals surface area contributed by atoms with E-state index in [4.69, 9.17) is 11.6 Å². The Hall–Kier alpha value is -2.59. The minimum Gasteiger partial charge on any atom is -0.412 e. The predicted molar refractivity (Wildman–Crippen MR) is 82.1 cm³/mol. The van der Waals surface area contributed by atoms with E-state index in [1.54, 1.807) is 12.1 Å². The van der Waals surface area contributed by atoms with Gasteiger partial charge in [-0.2, -0.15) is 5.90 Å². The fourth-order valence-electron chi connectivity index (χ4n) is 1.77. The SMILES string of the molecule is Cc1ccc2cccc(N)c2n1.NOc1ccccc1. The van der Waals surface area contributed by atoms with Crippen LogP contribution in [0, 0.1) is 6.92 Å². The molecule has 4 nitrogen and oxygen atoms in total. The highest BCUT2D eigenvalue weighted by atomic mass is 16.6. The van der Waals surface area contributed by atoms with Crippen molar-refractivity contribution in [1.29, 1.82) is 0 Å². The second kappa shape index (κ2) is 6.54. The first-order valence-electron chi connectivity index (χ1n) is 6.24. The summed E-state index contributed by atoms with van der Waals surface area (Å²) in [4.78, 5) is 8.76. The number of aromatic nitrogens is 1. The Labute approximate surface area is 118 Å². The van der Waals surface area contributed by atoms with Gasteiger partial charge >= 0.3 is 0 Å². The Balaban J connectivity index is 0.000000160. The molecule has 0 bridgehead atoms. The maximum atomic E-state index is 5.76. The van der Waals surface area contributed by atoms with E-state index in [-0.39, 0.29) is 0 Å². The van der Waals surface area contributed by atoms with E-state index in [2.05, 4.69) is 9.82 Å². The number of nitrogens with zero attached hydrogens (tertiary/aromatic N) is 1. The Morgan fingerprint density at radius 1 is 0.900 bits per heavy atom. The molecule has 0 amide bonds. The maximum Gasteiger partial charge on any atom is 0.146 e. The Morgan fingerprint density at radius 2 is 1.65 bits per heavy atom. The molecule has 0 aliphatic carbocycles. The summed E-state index contributed by atoms with van der Waals surface area (Å²) in [6.07, 6.45) is 0. The molecule has 0 radical (unpaired) electrons. The predicted octanol–water partition coefficient (Wildman–Crippen LogP) is 3.06. The van der Waals surface area contributed by atoms with Crippen LogP contribution in [0.1, 0.15) is 5.69 Å². The van der Waals surface area contributed by atoms with Crippen LogP contribution in [0.5, 0.6) is 5.75 Å². The molecule has 1 heterocycles. The molecule has 3 rings (SSSR count). The third kappa shape index (κ3) is 3.46. The summed E-state index contributed by atoms with van der Waals surface area (Å²) in [5.74, 6) is 5.54. The summed E-state index contributed by atoms with van der Waals surface area (Å²) < 4.78 is 0. The Morgan fingerprint density at radius 3 is 2.30 bits per heavy atom. The van der Waals surface area contributed by atoms with Gasteiger partial charge < -0.3 is 10.6 Å². The van der Waals surface area contributed by atoms with Crippen molar-refractivity contribution in [1.82, 2.24) is 4.98 Å². The second-order valence-corrected chi connectivity index (χ2v) is 4.30. The highest BCUT2D eigenvalue weighted by Crippen LogP contribution is 2.18. The van der Waals surface area contributed by atoms with Gasteiger partial charge in [0.05, 0.1) is 11.2 Å². The fraction of sp³-hybridized carbons (Fsp3) is 0.0625. The summed E-state index contributed by atoms with van der Waals surface area (Å²) in [6, 6.07) is 19.1. The monoisotopic (exact) mass is 267 g/mol. The molecule has 0 aliphatic heterocycles. The van der Waals surface area contributed by atoms with Crippen LogP contribution in [-0.2, 0) is 0 Å². The van der Waals surface area contributed by atoms with Gasteiger partial charge in [0.2, 0.25) is 0 Å². The van der Waals surface area contributed by atoms with Crippen LogP contribution in [0.15, 0.2) is 60.7 Å². The average Bonchev–Trinajstić information content (AvgIpc) is 2.50. The quantitative estimate of drug-likeness (QED) is 0.525. The number of pyridine rings is 1. The zero-order chi connectivity index (χ0) is 14.4. The summed E-state index contributed by atoms with van der Waals surface area (Å²) in [6.45, 7) is 1.96. The van der Waals surface area contributed by atoms with Crippen LogP contribution < -0.4 is 16.5 Å². The zero-order valence-electron chi connectivity index (χ0n) is 11.3. The first-order valence-corrected chi connectivity index (χ1v) is 6.24. The van der Waals surface area contributed by atoms with Crippen LogP contribution in [-0.4, -0.2) is 4.98 Å². The minimum absolute atomic E-state index is 0.688. The number of hydrogen-bond acceptors (Lipinski definition) is 4. The number of nitrogens with two attached hydrogens (primary N) is 2. The molecular weight excluding hydrogens is 250 g/mol. The third-order valence-corrected chi connectivity index (χ3v) is 2.77. The number of hydrogen-bond donors (Lipinski definition) is 2. The van der Waals surface area contributed by atoms with Gasteiger partial charge in [-0.05, 0) is 31.2 Å². The number of fused-ring (bicyclic) bond motifs is 1. The maximum absolute atomic E-state index is 5.76. The van der Waals surface area contributed by atoms with Gasteiger partial charge in [0, 0.05) is 11.1 Å². The molecule has 0 unspecified atom stereocenters. The van der Waals surface area contributed by atoms with E-state index < -0.39 is 0 Å². The summed E-state index contributed by atoms with van der Waals surface area (Å²) in [5.41, 5.74) is 8.41. The number of anilines is 1. The molecule has 3 aromatic rings. The highest BCUT2D eigenvalue weighted by Gasteiger charge is 1.97. The number of para-hydroxylation sites is 2. The average molecular weight is 267 g/mol. The van der Waals surface area contributed by atoms with E-state index in [0.29, 0.717) is 5.75 Å². The lowest BCUT2D eigenvalue weighted by Crippen LogP contribution is -2.00. The van der Waals surface area contributed by atoms with Crippen molar-refractivity contribution in [2.75, 3.05) is 5.73 Å². The molecule has 0 atom stereocenters. The molecule has 0 saturated heterocycles. The highest BCUT2D eigenvalue weighted by molar-refractivity contribution is 5.89. The molecule has 1 aromatic heterocycles. The van der Waals surface area contributed by atoms with Crippen LogP contribution in [0.2, 0.25) is 0 Å². The van der Waals surface area contributed by atoms with Crippen molar-refractivity contribution >= 4 is 16.6 Å². The van der Waals surface area contributed by atoms with Crippen LogP contribution in [0.3, 0.4) is 0 Å². The van der Waals surface area contributed by atoms with Crippen molar-refractivity contribution in [2.24, 2.45) is 5.90 Å². The second-order valence-electron chi connectivity index (χ2n) is 4.30. The topological polar surface area (TPSA) is 74.2 Å². The molecule has 20 heavy (non-hydrogen) atoms. The van der Waals surface area contributed by atoms with Crippen molar-refractivity contribution in [2.45, 2.75) is 6.92 Å². The first-order chi connectivity index (χ1) is 9.70. The summed E-state index contributed by atoms with van der Waals surface area (Å²) >= 11 is 0. The fourth-order valence-corrected chi connectivity index (χ4v) is 1.77. The van der Waals surface area contributed by atoms with Gasteiger partial charge in [-0.1, -0.05) is 36.4 Å². The zero-order valence-corrected chi connectivity index (χ0v) is 11.3. The summed E-state index contributed by atoms with van der Waals surface area (Å²) in [7, 11) is 0. The molecule has 2 aromatic carbocycles. The molecule has 0 fully saturated rings. The van der Waals surface area contributed by atoms with Gasteiger partial charge in [0.1, 0.15) is 5.75 Å². The van der Waals surface area contributed by atoms with E-state index in [1.807, 2.05) is 55.5 Å². The minimum atomic E-state index is 0.688. The largest absolute Gasteiger partial charge is 0.412 e. The van der Waals surface area contributed by atoms with Crippen LogP contribution >= 0.6 is 0 Å². The normalized spacial score (nSPS) is 9.70. The third-order valence-electron chi connectivity index (χ3n) is 2.77. The lowest BCUT2D eigenvalue weighted by molar-refractivity contribution is 0.334. The number of nitrogen functional groups attached to an aromatic ring is 1. The van der Waals surface area contributed by atoms with E-state index >= 15 is 0 Å². The Kier molecular flexibility index (Phi) is 4.52. The van der Waals surface area contributed by atoms with E-state index in [9.17, 15) is 0 Å². The molecule has 0 aliphatic rings. The molecule has 0 spiro atoms. The molecular formula is C16H17N3O. The van der Waals surface area contributed by atoms with Crippen molar-refractivity contribution in [3.05, 3.63) is 66.4 Å². The lowest BCUT2D eigenvalue weighted by atomic mass is 10.2. The number of rotatable bonds is 1. The lowest BCUT2D eigenvalue weighted by Gasteiger charge is -2.00. The van der Waals surface area contributed by atoms with E-state index in [0.717, 1.165) is 22.3 Å². The van der Waals surface area contributed by atoms with Gasteiger partial charge in [-0.15, -0.1) is 0 Å². The van der Waals surface area contributed by atoms with Crippen molar-refractivity contribution in [3.63, 3.8) is 0 Å². The molecule has 4 N–H and O–H groups in total. The Bertz CT molecular complexity index is 684. The first kappa shape index (κ1) is 13.8. The molecule has 0 saturated carbocycles. The van der Waals surface area contributed by atoms with Crippen molar-refractivity contribution in [3.8, 4) is 5.75 Å². The standard InChI is InChI=1S/C10H10N2.C6H7NO/c1-7-5-6-8-3-2-4-9(11)10(8)12-7;7-8-6-4-2-1-3-5-6/h2-6H,11H2,1H3;1-5H,7H2. The van der Waals surface area contributed by atoms with Crippen LogP contribution in [0.25, 0.3) is 10.9 Å².